The highest BCUT2D eigenvalue weighted by Gasteiger charge is 2.09. The van der Waals surface area contributed by atoms with Crippen LogP contribution >= 0.6 is 0 Å². The molecule has 0 spiro atoms. The van der Waals surface area contributed by atoms with Gasteiger partial charge in [0.05, 0.1) is 6.61 Å². The minimum Gasteiger partial charge on any atom is -0.461 e. The number of carbonyl (C=O) groups excluding carboxylic acids is 1. The predicted molar refractivity (Wildman–Crippen MR) is 54.3 cm³/mol. The van der Waals surface area contributed by atoms with Gasteiger partial charge in [0, 0.05) is 6.20 Å². The van der Waals surface area contributed by atoms with E-state index in [4.69, 9.17) is 4.74 Å². The zero-order valence-corrected chi connectivity index (χ0v) is 8.78. The summed E-state index contributed by atoms with van der Waals surface area (Å²) < 4.78 is 4.86. The highest BCUT2D eigenvalue weighted by molar-refractivity contribution is 5.87. The van der Waals surface area contributed by atoms with Gasteiger partial charge in [-0.05, 0) is 30.5 Å². The highest BCUT2D eigenvalue weighted by Crippen LogP contribution is 2.14. The molecule has 0 saturated heterocycles. The number of ether oxygens (including phenoxy) is 1. The van der Waals surface area contributed by atoms with Crippen molar-refractivity contribution in [3.63, 3.8) is 0 Å². The molecule has 3 nitrogen and oxygen atoms in total. The zero-order valence-electron chi connectivity index (χ0n) is 8.78. The predicted octanol–water partition coefficient (Wildman–Crippen LogP) is 2.38. The molecule has 14 heavy (non-hydrogen) atoms. The smallest absolute Gasteiger partial charge is 0.356 e. The first-order valence-electron chi connectivity index (χ1n) is 4.78. The van der Waals surface area contributed by atoms with E-state index in [9.17, 15) is 4.79 Å². The second-order valence-electron chi connectivity index (χ2n) is 3.35. The molecule has 3 heteroatoms. The second-order valence-corrected chi connectivity index (χ2v) is 3.35. The van der Waals surface area contributed by atoms with E-state index in [1.807, 2.05) is 6.07 Å². The maximum absolute atomic E-state index is 11.3. The maximum Gasteiger partial charge on any atom is 0.356 e. The van der Waals surface area contributed by atoms with Crippen LogP contribution in [0.2, 0.25) is 0 Å². The van der Waals surface area contributed by atoms with Crippen molar-refractivity contribution in [3.05, 3.63) is 29.6 Å². The van der Waals surface area contributed by atoms with Gasteiger partial charge in [-0.1, -0.05) is 13.8 Å². The molecule has 0 amide bonds. The summed E-state index contributed by atoms with van der Waals surface area (Å²) in [5.74, 6) is 0.0428. The van der Waals surface area contributed by atoms with Crippen molar-refractivity contribution in [2.45, 2.75) is 26.7 Å². The van der Waals surface area contributed by atoms with Crippen molar-refractivity contribution in [2.24, 2.45) is 0 Å². The SMILES string of the molecule is CCOC(=O)c1cc(C(C)C)ccn1. The summed E-state index contributed by atoms with van der Waals surface area (Å²) in [5.41, 5.74) is 1.49. The molecule has 76 valence electrons. The Bertz CT molecular complexity index is 321. The van der Waals surface area contributed by atoms with E-state index >= 15 is 0 Å². The Labute approximate surface area is 84.1 Å². The van der Waals surface area contributed by atoms with Crippen LogP contribution in [0.4, 0.5) is 0 Å². The molecule has 0 saturated carbocycles. The van der Waals surface area contributed by atoms with Gasteiger partial charge in [-0.25, -0.2) is 9.78 Å². The minimum absolute atomic E-state index is 0.352. The molecule has 0 unspecified atom stereocenters. The molecule has 0 aliphatic carbocycles. The summed E-state index contributed by atoms with van der Waals surface area (Å²) in [7, 11) is 0. The molecule has 0 N–H and O–H groups in total. The van der Waals surface area contributed by atoms with E-state index in [1.165, 1.54) is 0 Å². The Kier molecular flexibility index (Phi) is 3.63. The fourth-order valence-electron chi connectivity index (χ4n) is 1.12. The number of nitrogens with zero attached hydrogens (tertiary/aromatic N) is 1. The van der Waals surface area contributed by atoms with Gasteiger partial charge in [-0.3, -0.25) is 0 Å². The van der Waals surface area contributed by atoms with Crippen molar-refractivity contribution in [3.8, 4) is 0 Å². The summed E-state index contributed by atoms with van der Waals surface area (Å²) in [4.78, 5) is 15.3. The van der Waals surface area contributed by atoms with E-state index in [0.717, 1.165) is 5.56 Å². The monoisotopic (exact) mass is 193 g/mol. The van der Waals surface area contributed by atoms with Crippen LogP contribution in [0, 0.1) is 0 Å². The van der Waals surface area contributed by atoms with Gasteiger partial charge >= 0.3 is 5.97 Å². The van der Waals surface area contributed by atoms with E-state index in [-0.39, 0.29) is 5.97 Å². The van der Waals surface area contributed by atoms with Crippen LogP contribution < -0.4 is 0 Å². The summed E-state index contributed by atoms with van der Waals surface area (Å²) in [6.07, 6.45) is 1.64. The lowest BCUT2D eigenvalue weighted by Gasteiger charge is -2.06. The van der Waals surface area contributed by atoms with Gasteiger partial charge in [0.1, 0.15) is 5.69 Å². The summed E-state index contributed by atoms with van der Waals surface area (Å²) in [6, 6.07) is 3.69. The van der Waals surface area contributed by atoms with Crippen molar-refractivity contribution in [1.29, 1.82) is 0 Å². The average molecular weight is 193 g/mol. The van der Waals surface area contributed by atoms with Crippen LogP contribution in [-0.2, 0) is 4.74 Å². The lowest BCUT2D eigenvalue weighted by Crippen LogP contribution is -2.07. The molecule has 0 aliphatic heterocycles. The number of rotatable bonds is 3. The first-order valence-corrected chi connectivity index (χ1v) is 4.78. The molecular formula is C11H15NO2. The van der Waals surface area contributed by atoms with Gasteiger partial charge < -0.3 is 4.74 Å². The Hall–Kier alpha value is -1.38. The Morgan fingerprint density at radius 3 is 2.86 bits per heavy atom. The third-order valence-corrected chi connectivity index (χ3v) is 1.94. The first-order chi connectivity index (χ1) is 6.65. The summed E-state index contributed by atoms with van der Waals surface area (Å²) >= 11 is 0. The number of esters is 1. The van der Waals surface area contributed by atoms with Crippen LogP contribution in [0.25, 0.3) is 0 Å². The van der Waals surface area contributed by atoms with Gasteiger partial charge in [0.15, 0.2) is 0 Å². The van der Waals surface area contributed by atoms with Crippen molar-refractivity contribution >= 4 is 5.97 Å². The number of aromatic nitrogens is 1. The molecule has 1 aromatic heterocycles. The fourth-order valence-corrected chi connectivity index (χ4v) is 1.12. The minimum atomic E-state index is -0.352. The normalized spacial score (nSPS) is 10.3. The molecule has 0 atom stereocenters. The van der Waals surface area contributed by atoms with Gasteiger partial charge in [-0.15, -0.1) is 0 Å². The molecule has 1 aromatic rings. The van der Waals surface area contributed by atoms with Crippen molar-refractivity contribution < 1.29 is 9.53 Å². The molecule has 0 aromatic carbocycles. The molecule has 1 rings (SSSR count). The van der Waals surface area contributed by atoms with Crippen LogP contribution in [-0.4, -0.2) is 17.6 Å². The van der Waals surface area contributed by atoms with Gasteiger partial charge in [-0.2, -0.15) is 0 Å². The number of hydrogen-bond acceptors (Lipinski definition) is 3. The Morgan fingerprint density at radius 2 is 2.29 bits per heavy atom. The fraction of sp³-hybridized carbons (Fsp3) is 0.455. The largest absolute Gasteiger partial charge is 0.461 e. The molecule has 0 radical (unpaired) electrons. The lowest BCUT2D eigenvalue weighted by molar-refractivity contribution is 0.0519. The summed E-state index contributed by atoms with van der Waals surface area (Å²) in [6.45, 7) is 6.31. The molecular weight excluding hydrogens is 178 g/mol. The Balaban J connectivity index is 2.88. The average Bonchev–Trinajstić information content (AvgIpc) is 2.18. The quantitative estimate of drug-likeness (QED) is 0.692. The first kappa shape index (κ1) is 10.7. The van der Waals surface area contributed by atoms with Crippen LogP contribution in [0.5, 0.6) is 0 Å². The van der Waals surface area contributed by atoms with Crippen LogP contribution in [0.3, 0.4) is 0 Å². The third-order valence-electron chi connectivity index (χ3n) is 1.94. The molecule has 0 bridgehead atoms. The standard InChI is InChI=1S/C11H15NO2/c1-4-14-11(13)10-7-9(8(2)3)5-6-12-10/h5-8H,4H2,1-3H3. The highest BCUT2D eigenvalue weighted by atomic mass is 16.5. The maximum atomic E-state index is 11.3. The van der Waals surface area contributed by atoms with Crippen molar-refractivity contribution in [2.75, 3.05) is 6.61 Å². The topological polar surface area (TPSA) is 39.2 Å². The second kappa shape index (κ2) is 4.74. The molecule has 0 fully saturated rings. The van der Waals surface area contributed by atoms with Gasteiger partial charge in [0.25, 0.3) is 0 Å². The molecule has 1 heterocycles. The number of carbonyl (C=O) groups is 1. The third kappa shape index (κ3) is 2.55. The number of hydrogen-bond donors (Lipinski definition) is 0. The van der Waals surface area contributed by atoms with Crippen molar-refractivity contribution in [1.82, 2.24) is 4.98 Å². The summed E-state index contributed by atoms with van der Waals surface area (Å²) in [5, 5.41) is 0. The lowest BCUT2D eigenvalue weighted by atomic mass is 10.0. The van der Waals surface area contributed by atoms with Gasteiger partial charge in [0.2, 0.25) is 0 Å². The Morgan fingerprint density at radius 1 is 1.57 bits per heavy atom. The van der Waals surface area contributed by atoms with E-state index in [2.05, 4.69) is 18.8 Å². The number of pyridine rings is 1. The van der Waals surface area contributed by atoms with Crippen LogP contribution in [0.15, 0.2) is 18.3 Å². The van der Waals surface area contributed by atoms with E-state index in [0.29, 0.717) is 18.2 Å². The zero-order chi connectivity index (χ0) is 10.6. The van der Waals surface area contributed by atoms with E-state index in [1.54, 1.807) is 19.2 Å². The van der Waals surface area contributed by atoms with E-state index < -0.39 is 0 Å². The molecule has 0 aliphatic rings. The van der Waals surface area contributed by atoms with Crippen LogP contribution in [0.1, 0.15) is 42.7 Å².